The van der Waals surface area contributed by atoms with Gasteiger partial charge in [-0.1, -0.05) is 13.8 Å². The number of ether oxygens (including phenoxy) is 3. The van der Waals surface area contributed by atoms with Gasteiger partial charge in [0.2, 0.25) is 5.79 Å². The molecule has 1 saturated carbocycles. The van der Waals surface area contributed by atoms with Gasteiger partial charge in [0.1, 0.15) is 12.0 Å². The molecule has 5 aliphatic rings. The van der Waals surface area contributed by atoms with E-state index in [4.69, 9.17) is 24.0 Å². The second-order valence-corrected chi connectivity index (χ2v) is 12.1. The summed E-state index contributed by atoms with van der Waals surface area (Å²) < 4.78 is 18.6. The molecule has 1 spiro atoms. The van der Waals surface area contributed by atoms with Gasteiger partial charge in [0, 0.05) is 30.2 Å². The van der Waals surface area contributed by atoms with Crippen molar-refractivity contribution in [2.24, 2.45) is 23.7 Å². The maximum absolute atomic E-state index is 12.5. The number of thioether (sulfide) groups is 1. The van der Waals surface area contributed by atoms with Crippen LogP contribution in [0.1, 0.15) is 74.1 Å². The van der Waals surface area contributed by atoms with Crippen LogP contribution in [0.15, 0.2) is 0 Å². The van der Waals surface area contributed by atoms with Gasteiger partial charge in [-0.2, -0.15) is 0 Å². The number of rotatable bonds is 6. The fraction of sp³-hybridized carbons (Fsp3) is 0.958. The van der Waals surface area contributed by atoms with Gasteiger partial charge >= 0.3 is 6.09 Å². The predicted molar refractivity (Wildman–Crippen MR) is 123 cm³/mol. The van der Waals surface area contributed by atoms with Crippen molar-refractivity contribution in [2.75, 3.05) is 12.4 Å². The van der Waals surface area contributed by atoms with E-state index in [1.165, 1.54) is 6.42 Å². The fourth-order valence-electron chi connectivity index (χ4n) is 6.45. The van der Waals surface area contributed by atoms with E-state index in [1.807, 2.05) is 34.6 Å². The Balaban J connectivity index is 1.40. The minimum absolute atomic E-state index is 0.0266. The highest BCUT2D eigenvalue weighted by atomic mass is 32.2. The summed E-state index contributed by atoms with van der Waals surface area (Å²) in [5, 5.41) is 0. The van der Waals surface area contributed by atoms with Crippen molar-refractivity contribution in [3.8, 4) is 0 Å². The summed E-state index contributed by atoms with van der Waals surface area (Å²) >= 11 is 1.71. The first kappa shape index (κ1) is 24.6. The number of amides is 1. The molecule has 0 unspecified atom stereocenters. The van der Waals surface area contributed by atoms with Crippen molar-refractivity contribution < 1.29 is 28.8 Å². The summed E-state index contributed by atoms with van der Waals surface area (Å²) in [5.41, 5.74) is -0.549. The number of carbonyl (C=O) groups is 1. The molecule has 0 N–H and O–H groups in total. The normalized spacial score (nSPS) is 43.2. The number of carbonyl (C=O) groups excluding carboxylic acids is 1. The zero-order chi connectivity index (χ0) is 23.3. The molecule has 4 saturated heterocycles. The molecule has 4 aliphatic heterocycles. The van der Waals surface area contributed by atoms with Crippen LogP contribution in [0.3, 0.4) is 0 Å². The predicted octanol–water partition coefficient (Wildman–Crippen LogP) is 5.18. The number of hydrogen-bond acceptors (Lipinski definition) is 7. The highest BCUT2D eigenvalue weighted by Gasteiger charge is 2.69. The third-order valence-electron chi connectivity index (χ3n) is 8.01. The van der Waals surface area contributed by atoms with Crippen LogP contribution in [0.5, 0.6) is 0 Å². The SMILES string of the molecule is CC(C)N(C(=O)OCCS[C@@H]1O[C@@H]2O[C@@]3(C)CC[C@H]4[C@H](C)CC[C@@H]([C@H]1C)[C@@]24OO3)C(C)C. The minimum atomic E-state index is -0.750. The van der Waals surface area contributed by atoms with Crippen LogP contribution in [-0.2, 0) is 24.0 Å². The number of fused-ring (bicyclic) bond motifs is 2. The summed E-state index contributed by atoms with van der Waals surface area (Å²) in [5.74, 6) is 1.49. The molecular formula is C24H41NO6S. The smallest absolute Gasteiger partial charge is 0.410 e. The van der Waals surface area contributed by atoms with Gasteiger partial charge in [-0.3, -0.25) is 0 Å². The van der Waals surface area contributed by atoms with Crippen LogP contribution in [0.25, 0.3) is 0 Å². The standard InChI is InChI=1S/C24H41NO6S/c1-14(2)25(15(3)4)22(26)27-12-13-32-20-17(6)19-9-8-16(5)18-10-11-23(7)29-21(28-20)24(18,19)31-30-23/h14-21H,8-13H2,1-7H3/t16-,17-,18+,19+,20+,21-,23-,24-/m1/s1. The van der Waals surface area contributed by atoms with Crippen LogP contribution in [0.4, 0.5) is 4.79 Å². The van der Waals surface area contributed by atoms with E-state index in [2.05, 4.69) is 13.8 Å². The number of hydrogen-bond donors (Lipinski definition) is 0. The Labute approximate surface area is 197 Å². The van der Waals surface area contributed by atoms with Crippen LogP contribution < -0.4 is 0 Å². The Hall–Kier alpha value is -0.540. The summed E-state index contributed by atoms with van der Waals surface area (Å²) in [6.07, 6.45) is 3.47. The van der Waals surface area contributed by atoms with E-state index in [0.29, 0.717) is 36.0 Å². The van der Waals surface area contributed by atoms with Gasteiger partial charge in [0.05, 0.1) is 0 Å². The molecule has 5 rings (SSSR count). The maximum Gasteiger partial charge on any atom is 0.410 e. The molecule has 0 aromatic heterocycles. The third-order valence-corrected chi connectivity index (χ3v) is 9.28. The second kappa shape index (κ2) is 9.25. The van der Waals surface area contributed by atoms with Gasteiger partial charge in [-0.05, 0) is 71.6 Å². The average molecular weight is 472 g/mol. The molecule has 0 aromatic rings. The molecule has 8 heteroatoms. The van der Waals surface area contributed by atoms with E-state index in [0.717, 1.165) is 19.3 Å². The molecular weight excluding hydrogens is 430 g/mol. The highest BCUT2D eigenvalue weighted by Crippen LogP contribution is 2.61. The lowest BCUT2D eigenvalue weighted by Gasteiger charge is -2.60. The Morgan fingerprint density at radius 1 is 1.09 bits per heavy atom. The van der Waals surface area contributed by atoms with E-state index >= 15 is 0 Å². The van der Waals surface area contributed by atoms with E-state index in [1.54, 1.807) is 16.7 Å². The molecule has 2 bridgehead atoms. The van der Waals surface area contributed by atoms with Crippen molar-refractivity contribution >= 4 is 17.9 Å². The summed E-state index contributed by atoms with van der Waals surface area (Å²) in [7, 11) is 0. The molecule has 0 aromatic carbocycles. The lowest BCUT2D eigenvalue weighted by Crippen LogP contribution is -2.70. The molecule has 5 fully saturated rings. The molecule has 7 nitrogen and oxygen atoms in total. The van der Waals surface area contributed by atoms with Crippen molar-refractivity contribution in [2.45, 2.75) is 109 Å². The van der Waals surface area contributed by atoms with Crippen molar-refractivity contribution in [3.63, 3.8) is 0 Å². The molecule has 32 heavy (non-hydrogen) atoms. The largest absolute Gasteiger partial charge is 0.449 e. The van der Waals surface area contributed by atoms with Gasteiger partial charge in [0.15, 0.2) is 11.9 Å². The topological polar surface area (TPSA) is 66.5 Å². The quantitative estimate of drug-likeness (QED) is 0.390. The maximum atomic E-state index is 12.5. The van der Waals surface area contributed by atoms with E-state index < -0.39 is 17.7 Å². The summed E-state index contributed by atoms with van der Waals surface area (Å²) in [6, 6.07) is 0.224. The first-order chi connectivity index (χ1) is 15.1. The van der Waals surface area contributed by atoms with Crippen LogP contribution in [-0.4, -0.2) is 58.6 Å². The van der Waals surface area contributed by atoms with Crippen molar-refractivity contribution in [1.29, 1.82) is 0 Å². The second-order valence-electron chi connectivity index (χ2n) is 10.9. The Morgan fingerprint density at radius 3 is 2.50 bits per heavy atom. The molecule has 8 atom stereocenters. The molecule has 184 valence electrons. The van der Waals surface area contributed by atoms with Crippen molar-refractivity contribution in [3.05, 3.63) is 0 Å². The van der Waals surface area contributed by atoms with Gasteiger partial charge < -0.3 is 19.1 Å². The molecule has 1 aliphatic carbocycles. The zero-order valence-electron chi connectivity index (χ0n) is 20.7. The first-order valence-corrected chi connectivity index (χ1v) is 13.4. The van der Waals surface area contributed by atoms with Crippen LogP contribution >= 0.6 is 11.8 Å². The summed E-state index contributed by atoms with van der Waals surface area (Å²) in [6.45, 7) is 14.9. The van der Waals surface area contributed by atoms with Crippen LogP contribution in [0, 0.1) is 23.7 Å². The van der Waals surface area contributed by atoms with Crippen LogP contribution in [0.2, 0.25) is 0 Å². The van der Waals surface area contributed by atoms with Gasteiger partial charge in [0.25, 0.3) is 0 Å². The minimum Gasteiger partial charge on any atom is -0.449 e. The average Bonchev–Trinajstić information content (AvgIpc) is 2.94. The van der Waals surface area contributed by atoms with E-state index in [9.17, 15) is 4.79 Å². The summed E-state index contributed by atoms with van der Waals surface area (Å²) in [4.78, 5) is 26.3. The first-order valence-electron chi connectivity index (χ1n) is 12.4. The highest BCUT2D eigenvalue weighted by molar-refractivity contribution is 7.99. The van der Waals surface area contributed by atoms with E-state index in [-0.39, 0.29) is 23.6 Å². The monoisotopic (exact) mass is 471 g/mol. The van der Waals surface area contributed by atoms with Gasteiger partial charge in [-0.15, -0.1) is 11.8 Å². The Bertz CT molecular complexity index is 683. The van der Waals surface area contributed by atoms with Gasteiger partial charge in [-0.25, -0.2) is 14.6 Å². The Kier molecular flexibility index (Phi) is 7.11. The molecule has 1 amide bonds. The molecule has 0 radical (unpaired) electrons. The third kappa shape index (κ3) is 4.19. The lowest BCUT2D eigenvalue weighted by atomic mass is 9.58. The lowest BCUT2D eigenvalue weighted by molar-refractivity contribution is -0.568. The zero-order valence-corrected chi connectivity index (χ0v) is 21.5. The number of nitrogens with zero attached hydrogens (tertiary/aromatic N) is 1. The molecule has 4 heterocycles. The Morgan fingerprint density at radius 2 is 1.81 bits per heavy atom. The van der Waals surface area contributed by atoms with Crippen molar-refractivity contribution in [1.82, 2.24) is 4.90 Å². The fourth-order valence-corrected chi connectivity index (χ4v) is 7.53.